The lowest BCUT2D eigenvalue weighted by atomic mass is 10.0. The SMILES string of the molecule is CCOC(=O)c1c(-c2ccccc2)csc1NC(=O)C=Cc1ccc(N(C)C)cc1. The van der Waals surface area contributed by atoms with Crippen LogP contribution in [0, 0.1) is 0 Å². The summed E-state index contributed by atoms with van der Waals surface area (Å²) in [6.07, 6.45) is 3.20. The van der Waals surface area contributed by atoms with Crippen LogP contribution in [0.15, 0.2) is 66.1 Å². The van der Waals surface area contributed by atoms with E-state index in [9.17, 15) is 9.59 Å². The Morgan fingerprint density at radius 1 is 1.07 bits per heavy atom. The molecule has 30 heavy (non-hydrogen) atoms. The molecule has 6 heteroatoms. The summed E-state index contributed by atoms with van der Waals surface area (Å²) in [7, 11) is 3.95. The largest absolute Gasteiger partial charge is 0.462 e. The van der Waals surface area contributed by atoms with Gasteiger partial charge >= 0.3 is 5.97 Å². The molecule has 0 fully saturated rings. The van der Waals surface area contributed by atoms with Crippen LogP contribution in [-0.4, -0.2) is 32.6 Å². The van der Waals surface area contributed by atoms with Gasteiger partial charge in [0.2, 0.25) is 5.91 Å². The Morgan fingerprint density at radius 3 is 2.40 bits per heavy atom. The van der Waals surface area contributed by atoms with Gasteiger partial charge in [-0.3, -0.25) is 4.79 Å². The molecule has 2 aromatic carbocycles. The summed E-state index contributed by atoms with van der Waals surface area (Å²) in [6.45, 7) is 2.02. The van der Waals surface area contributed by atoms with E-state index in [-0.39, 0.29) is 12.5 Å². The van der Waals surface area contributed by atoms with Gasteiger partial charge in [0.25, 0.3) is 0 Å². The quantitative estimate of drug-likeness (QED) is 0.416. The van der Waals surface area contributed by atoms with Crippen molar-refractivity contribution in [2.75, 3.05) is 30.9 Å². The third-order valence-corrected chi connectivity index (χ3v) is 5.32. The standard InChI is InChI=1S/C24H24N2O3S/c1-4-29-24(28)22-20(18-8-6-5-7-9-18)16-30-23(22)25-21(27)15-12-17-10-13-19(14-11-17)26(2)3/h5-16H,4H2,1-3H3,(H,25,27). The second kappa shape index (κ2) is 9.89. The first-order valence-corrected chi connectivity index (χ1v) is 10.5. The molecule has 1 heterocycles. The zero-order chi connectivity index (χ0) is 21.5. The fourth-order valence-electron chi connectivity index (χ4n) is 2.90. The number of amides is 1. The maximum atomic E-state index is 12.6. The third-order valence-electron chi connectivity index (χ3n) is 4.43. The summed E-state index contributed by atoms with van der Waals surface area (Å²) >= 11 is 1.31. The lowest BCUT2D eigenvalue weighted by molar-refractivity contribution is -0.111. The fourth-order valence-corrected chi connectivity index (χ4v) is 3.86. The summed E-state index contributed by atoms with van der Waals surface area (Å²) in [4.78, 5) is 27.1. The molecule has 5 nitrogen and oxygen atoms in total. The lowest BCUT2D eigenvalue weighted by Gasteiger charge is -2.11. The smallest absolute Gasteiger partial charge is 0.341 e. The molecule has 3 rings (SSSR count). The molecule has 3 aromatic rings. The Kier molecular flexibility index (Phi) is 7.03. The lowest BCUT2D eigenvalue weighted by Crippen LogP contribution is -2.12. The molecule has 0 aliphatic rings. The minimum absolute atomic E-state index is 0.263. The Balaban J connectivity index is 1.80. The minimum atomic E-state index is -0.448. The van der Waals surface area contributed by atoms with E-state index in [1.165, 1.54) is 17.4 Å². The summed E-state index contributed by atoms with van der Waals surface area (Å²) in [6, 6.07) is 17.4. The van der Waals surface area contributed by atoms with Gasteiger partial charge in [0, 0.05) is 36.8 Å². The van der Waals surface area contributed by atoms with Crippen molar-refractivity contribution in [1.82, 2.24) is 0 Å². The highest BCUT2D eigenvalue weighted by molar-refractivity contribution is 7.15. The zero-order valence-corrected chi connectivity index (χ0v) is 18.0. The number of carbonyl (C=O) groups is 2. The van der Waals surface area contributed by atoms with E-state index in [0.717, 1.165) is 22.4 Å². The van der Waals surface area contributed by atoms with Crippen molar-refractivity contribution >= 4 is 40.0 Å². The molecule has 1 N–H and O–H groups in total. The van der Waals surface area contributed by atoms with Gasteiger partial charge in [-0.05, 0) is 36.3 Å². The molecule has 0 aliphatic carbocycles. The predicted octanol–water partition coefficient (Wildman–Crippen LogP) is 5.31. The van der Waals surface area contributed by atoms with E-state index in [1.54, 1.807) is 13.0 Å². The number of anilines is 2. The number of esters is 1. The number of thiophene rings is 1. The summed E-state index contributed by atoms with van der Waals surface area (Å²) in [5.74, 6) is -0.755. The number of benzene rings is 2. The first-order valence-electron chi connectivity index (χ1n) is 9.60. The van der Waals surface area contributed by atoms with Gasteiger partial charge in [-0.15, -0.1) is 11.3 Å². The average molecular weight is 421 g/mol. The molecule has 0 bridgehead atoms. The third kappa shape index (κ3) is 5.15. The number of ether oxygens (including phenoxy) is 1. The molecule has 1 aromatic heterocycles. The molecule has 154 valence electrons. The normalized spacial score (nSPS) is 10.8. The zero-order valence-electron chi connectivity index (χ0n) is 17.2. The Hall–Kier alpha value is -3.38. The second-order valence-corrected chi connectivity index (χ2v) is 7.63. The van der Waals surface area contributed by atoms with E-state index >= 15 is 0 Å². The van der Waals surface area contributed by atoms with E-state index in [0.29, 0.717) is 10.6 Å². The molecule has 0 aliphatic heterocycles. The fraction of sp³-hybridized carbons (Fsp3) is 0.167. The van der Waals surface area contributed by atoms with E-state index in [2.05, 4.69) is 5.32 Å². The monoisotopic (exact) mass is 420 g/mol. The molecule has 0 saturated carbocycles. The van der Waals surface area contributed by atoms with Crippen molar-refractivity contribution < 1.29 is 14.3 Å². The first kappa shape index (κ1) is 21.3. The number of carbonyl (C=O) groups excluding carboxylic acids is 2. The van der Waals surface area contributed by atoms with Crippen LogP contribution in [0.3, 0.4) is 0 Å². The molecular weight excluding hydrogens is 396 g/mol. The first-order chi connectivity index (χ1) is 14.5. The topological polar surface area (TPSA) is 58.6 Å². The maximum Gasteiger partial charge on any atom is 0.341 e. The maximum absolute atomic E-state index is 12.6. The average Bonchev–Trinajstić information content (AvgIpc) is 3.17. The van der Waals surface area contributed by atoms with Gasteiger partial charge in [0.15, 0.2) is 0 Å². The Bertz CT molecular complexity index is 1040. The van der Waals surface area contributed by atoms with Crippen molar-refractivity contribution in [3.8, 4) is 11.1 Å². The van der Waals surface area contributed by atoms with E-state index in [4.69, 9.17) is 4.74 Å². The van der Waals surface area contributed by atoms with Gasteiger partial charge in [-0.2, -0.15) is 0 Å². The van der Waals surface area contributed by atoms with Crippen LogP contribution in [0.1, 0.15) is 22.8 Å². The number of hydrogen-bond donors (Lipinski definition) is 1. The van der Waals surface area contributed by atoms with Crippen molar-refractivity contribution in [3.05, 3.63) is 77.2 Å². The highest BCUT2D eigenvalue weighted by Crippen LogP contribution is 2.36. The summed E-state index contributed by atoms with van der Waals surface area (Å²) < 4.78 is 5.22. The number of nitrogens with one attached hydrogen (secondary N) is 1. The Morgan fingerprint density at radius 2 is 1.77 bits per heavy atom. The van der Waals surface area contributed by atoms with Crippen LogP contribution in [0.25, 0.3) is 17.2 Å². The van der Waals surface area contributed by atoms with Gasteiger partial charge in [-0.1, -0.05) is 42.5 Å². The minimum Gasteiger partial charge on any atom is -0.462 e. The Labute approximate surface area is 180 Å². The highest BCUT2D eigenvalue weighted by atomic mass is 32.1. The van der Waals surface area contributed by atoms with Crippen molar-refractivity contribution in [3.63, 3.8) is 0 Å². The molecule has 0 atom stereocenters. The molecule has 0 spiro atoms. The van der Waals surface area contributed by atoms with E-state index < -0.39 is 5.97 Å². The van der Waals surface area contributed by atoms with Crippen molar-refractivity contribution in [1.29, 1.82) is 0 Å². The van der Waals surface area contributed by atoms with Gasteiger partial charge in [-0.25, -0.2) is 4.79 Å². The van der Waals surface area contributed by atoms with Gasteiger partial charge < -0.3 is 15.0 Å². The highest BCUT2D eigenvalue weighted by Gasteiger charge is 2.22. The van der Waals surface area contributed by atoms with Gasteiger partial charge in [0.1, 0.15) is 10.6 Å². The van der Waals surface area contributed by atoms with Crippen molar-refractivity contribution in [2.24, 2.45) is 0 Å². The molecule has 0 radical (unpaired) electrons. The van der Waals surface area contributed by atoms with Crippen LogP contribution >= 0.6 is 11.3 Å². The molecule has 0 unspecified atom stereocenters. The van der Waals surface area contributed by atoms with E-state index in [1.807, 2.05) is 79.0 Å². The molecule has 1 amide bonds. The molecule has 0 saturated heterocycles. The van der Waals surface area contributed by atoms with Gasteiger partial charge in [0.05, 0.1) is 6.61 Å². The van der Waals surface area contributed by atoms with Crippen molar-refractivity contribution in [2.45, 2.75) is 6.92 Å². The number of nitrogens with zero attached hydrogens (tertiary/aromatic N) is 1. The van der Waals surface area contributed by atoms with Crippen LogP contribution in [0.4, 0.5) is 10.7 Å². The summed E-state index contributed by atoms with van der Waals surface area (Å²) in [5, 5.41) is 5.16. The van der Waals surface area contributed by atoms with Crippen LogP contribution < -0.4 is 10.2 Å². The second-order valence-electron chi connectivity index (χ2n) is 6.75. The molecular formula is C24H24N2O3S. The number of rotatable bonds is 7. The summed E-state index contributed by atoms with van der Waals surface area (Å²) in [5.41, 5.74) is 4.02. The van der Waals surface area contributed by atoms with Crippen LogP contribution in [0.5, 0.6) is 0 Å². The predicted molar refractivity (Wildman–Crippen MR) is 124 cm³/mol. The van der Waals surface area contributed by atoms with Crippen LogP contribution in [-0.2, 0) is 9.53 Å². The number of hydrogen-bond acceptors (Lipinski definition) is 5. The van der Waals surface area contributed by atoms with Crippen LogP contribution in [0.2, 0.25) is 0 Å².